The quantitative estimate of drug-likeness (QED) is 0.623. The van der Waals surface area contributed by atoms with E-state index in [1.54, 1.807) is 12.1 Å². The van der Waals surface area contributed by atoms with E-state index in [4.69, 9.17) is 15.2 Å². The number of methoxy groups -OCH3 is 1. The van der Waals surface area contributed by atoms with E-state index in [-0.39, 0.29) is 41.3 Å². The van der Waals surface area contributed by atoms with Crippen molar-refractivity contribution in [3.8, 4) is 11.5 Å². The Morgan fingerprint density at radius 3 is 2.42 bits per heavy atom. The van der Waals surface area contributed by atoms with E-state index in [0.717, 1.165) is 32.1 Å². The summed E-state index contributed by atoms with van der Waals surface area (Å²) in [5.41, 5.74) is 6.34. The first kappa shape index (κ1) is 22.3. The van der Waals surface area contributed by atoms with Crippen LogP contribution in [0.5, 0.6) is 11.5 Å². The summed E-state index contributed by atoms with van der Waals surface area (Å²) in [4.78, 5) is 51.0. The molecule has 172 valence electrons. The number of primary amides is 1. The van der Waals surface area contributed by atoms with Crippen molar-refractivity contribution in [3.05, 3.63) is 53.1 Å². The van der Waals surface area contributed by atoms with Crippen LogP contribution in [-0.4, -0.2) is 48.3 Å². The molecule has 1 saturated carbocycles. The molecule has 9 nitrogen and oxygen atoms in total. The number of rotatable bonds is 7. The van der Waals surface area contributed by atoms with Crippen LogP contribution in [0.25, 0.3) is 0 Å². The van der Waals surface area contributed by atoms with Gasteiger partial charge in [-0.1, -0.05) is 19.3 Å². The minimum atomic E-state index is -0.647. The average Bonchev–Trinajstić information content (AvgIpc) is 3.07. The topological polar surface area (TPSA) is 128 Å². The summed E-state index contributed by atoms with van der Waals surface area (Å²) in [5, 5.41) is 2.73. The zero-order valence-electron chi connectivity index (χ0n) is 18.3. The van der Waals surface area contributed by atoms with Crippen LogP contribution >= 0.6 is 0 Å². The third-order valence-corrected chi connectivity index (χ3v) is 5.91. The predicted octanol–water partition coefficient (Wildman–Crippen LogP) is 2.74. The molecule has 4 rings (SSSR count). The molecule has 0 spiro atoms. The van der Waals surface area contributed by atoms with Gasteiger partial charge in [0.05, 0.1) is 18.2 Å². The van der Waals surface area contributed by atoms with Crippen molar-refractivity contribution in [2.45, 2.75) is 38.1 Å². The van der Waals surface area contributed by atoms with Gasteiger partial charge < -0.3 is 20.5 Å². The van der Waals surface area contributed by atoms with Crippen molar-refractivity contribution in [1.29, 1.82) is 0 Å². The lowest BCUT2D eigenvalue weighted by molar-refractivity contribution is -0.119. The number of nitrogens with zero attached hydrogens (tertiary/aromatic N) is 1. The summed E-state index contributed by atoms with van der Waals surface area (Å²) in [6.45, 7) is -0.341. The van der Waals surface area contributed by atoms with E-state index >= 15 is 0 Å². The lowest BCUT2D eigenvalue weighted by Gasteiger charge is -2.29. The number of ether oxygens (including phenoxy) is 2. The second-order valence-electron chi connectivity index (χ2n) is 8.11. The number of amides is 4. The molecule has 0 radical (unpaired) electrons. The molecule has 0 saturated heterocycles. The Morgan fingerprint density at radius 2 is 1.73 bits per heavy atom. The summed E-state index contributed by atoms with van der Waals surface area (Å²) < 4.78 is 10.5. The van der Waals surface area contributed by atoms with E-state index in [2.05, 4.69) is 5.32 Å². The van der Waals surface area contributed by atoms with Gasteiger partial charge in [-0.2, -0.15) is 0 Å². The van der Waals surface area contributed by atoms with E-state index in [0.29, 0.717) is 17.0 Å². The highest BCUT2D eigenvalue weighted by Gasteiger charge is 2.40. The number of carbonyl (C=O) groups excluding carboxylic acids is 4. The SMILES string of the molecule is COc1ccc(NC(=O)c2ccc3c(c2)C(=O)N(C2CCCCC2)C3=O)cc1OCC(N)=O. The number of carbonyl (C=O) groups is 4. The summed E-state index contributed by atoms with van der Waals surface area (Å²) >= 11 is 0. The summed E-state index contributed by atoms with van der Waals surface area (Å²) in [6.07, 6.45) is 4.75. The van der Waals surface area contributed by atoms with Gasteiger partial charge in [0.25, 0.3) is 23.6 Å². The maximum Gasteiger partial charge on any atom is 0.261 e. The number of imide groups is 1. The molecule has 1 aliphatic heterocycles. The highest BCUT2D eigenvalue weighted by Crippen LogP contribution is 2.33. The smallest absolute Gasteiger partial charge is 0.261 e. The van der Waals surface area contributed by atoms with Crippen molar-refractivity contribution in [1.82, 2.24) is 4.90 Å². The maximum atomic E-state index is 13.0. The minimum Gasteiger partial charge on any atom is -0.493 e. The van der Waals surface area contributed by atoms with Crippen LogP contribution in [-0.2, 0) is 4.79 Å². The molecule has 0 unspecified atom stereocenters. The van der Waals surface area contributed by atoms with Gasteiger partial charge in [-0.05, 0) is 43.2 Å². The van der Waals surface area contributed by atoms with Gasteiger partial charge in [0.15, 0.2) is 18.1 Å². The van der Waals surface area contributed by atoms with Crippen LogP contribution < -0.4 is 20.5 Å². The first-order chi connectivity index (χ1) is 15.9. The van der Waals surface area contributed by atoms with Crippen molar-refractivity contribution < 1.29 is 28.7 Å². The first-order valence-corrected chi connectivity index (χ1v) is 10.8. The van der Waals surface area contributed by atoms with Crippen LogP contribution in [0.4, 0.5) is 5.69 Å². The third-order valence-electron chi connectivity index (χ3n) is 5.91. The Kier molecular flexibility index (Phi) is 6.30. The third kappa shape index (κ3) is 4.52. The second kappa shape index (κ2) is 9.32. The summed E-state index contributed by atoms with van der Waals surface area (Å²) in [6, 6.07) is 9.13. The standard InChI is InChI=1S/C24H25N3O6/c1-32-19-10-8-15(12-20(19)33-13-21(25)28)26-22(29)14-7-9-17-18(11-14)24(31)27(23(17)30)16-5-3-2-4-6-16/h7-12,16H,2-6,13H2,1H3,(H2,25,28)(H,26,29). The number of fused-ring (bicyclic) bond motifs is 1. The Morgan fingerprint density at radius 1 is 1.00 bits per heavy atom. The highest BCUT2D eigenvalue weighted by atomic mass is 16.5. The minimum absolute atomic E-state index is 0.0819. The normalized spacial score (nSPS) is 15.8. The molecule has 0 atom stereocenters. The number of hydrogen-bond acceptors (Lipinski definition) is 6. The monoisotopic (exact) mass is 451 g/mol. The number of nitrogens with one attached hydrogen (secondary N) is 1. The van der Waals surface area contributed by atoms with Gasteiger partial charge >= 0.3 is 0 Å². The Labute approximate surface area is 190 Å². The fraction of sp³-hybridized carbons (Fsp3) is 0.333. The van der Waals surface area contributed by atoms with Gasteiger partial charge in [0.1, 0.15) is 0 Å². The zero-order valence-corrected chi connectivity index (χ0v) is 18.3. The molecule has 4 amide bonds. The van der Waals surface area contributed by atoms with Crippen molar-refractivity contribution in [2.24, 2.45) is 5.73 Å². The fourth-order valence-electron chi connectivity index (χ4n) is 4.29. The highest BCUT2D eigenvalue weighted by molar-refractivity contribution is 6.22. The van der Waals surface area contributed by atoms with E-state index in [1.165, 1.54) is 36.3 Å². The lowest BCUT2D eigenvalue weighted by atomic mass is 9.94. The van der Waals surface area contributed by atoms with Gasteiger partial charge in [-0.15, -0.1) is 0 Å². The van der Waals surface area contributed by atoms with Crippen molar-refractivity contribution in [3.63, 3.8) is 0 Å². The van der Waals surface area contributed by atoms with Crippen molar-refractivity contribution >= 4 is 29.3 Å². The number of anilines is 1. The Hall–Kier alpha value is -3.88. The molecule has 1 heterocycles. The van der Waals surface area contributed by atoms with E-state index in [1.807, 2.05) is 0 Å². The molecule has 1 fully saturated rings. The van der Waals surface area contributed by atoms with Crippen LogP contribution in [0, 0.1) is 0 Å². The van der Waals surface area contributed by atoms with Gasteiger partial charge in [0, 0.05) is 23.4 Å². The van der Waals surface area contributed by atoms with Crippen LogP contribution in [0.2, 0.25) is 0 Å². The Bertz CT molecular complexity index is 1120. The zero-order chi connectivity index (χ0) is 23.5. The fourth-order valence-corrected chi connectivity index (χ4v) is 4.29. The molecular formula is C24H25N3O6. The molecule has 9 heteroatoms. The Balaban J connectivity index is 1.52. The lowest BCUT2D eigenvalue weighted by Crippen LogP contribution is -2.40. The van der Waals surface area contributed by atoms with Gasteiger partial charge in [-0.3, -0.25) is 24.1 Å². The van der Waals surface area contributed by atoms with Crippen LogP contribution in [0.15, 0.2) is 36.4 Å². The molecule has 0 bridgehead atoms. The number of nitrogens with two attached hydrogens (primary N) is 1. The summed E-state index contributed by atoms with van der Waals surface area (Å²) in [5.74, 6) is -1.12. The molecule has 3 N–H and O–H groups in total. The number of benzene rings is 2. The number of hydrogen-bond donors (Lipinski definition) is 2. The maximum absolute atomic E-state index is 13.0. The van der Waals surface area contributed by atoms with E-state index < -0.39 is 11.8 Å². The molecular weight excluding hydrogens is 426 g/mol. The largest absolute Gasteiger partial charge is 0.493 e. The second-order valence-corrected chi connectivity index (χ2v) is 8.11. The first-order valence-electron chi connectivity index (χ1n) is 10.8. The van der Waals surface area contributed by atoms with Gasteiger partial charge in [-0.25, -0.2) is 0 Å². The predicted molar refractivity (Wildman–Crippen MR) is 119 cm³/mol. The molecule has 2 aromatic rings. The average molecular weight is 451 g/mol. The van der Waals surface area contributed by atoms with Gasteiger partial charge in [0.2, 0.25) is 0 Å². The molecule has 33 heavy (non-hydrogen) atoms. The van der Waals surface area contributed by atoms with E-state index in [9.17, 15) is 19.2 Å². The van der Waals surface area contributed by atoms with Crippen LogP contribution in [0.1, 0.15) is 63.2 Å². The molecule has 1 aliphatic carbocycles. The molecule has 2 aromatic carbocycles. The summed E-state index contributed by atoms with van der Waals surface area (Å²) in [7, 11) is 1.45. The molecule has 0 aromatic heterocycles. The molecule has 2 aliphatic rings. The van der Waals surface area contributed by atoms with Crippen molar-refractivity contribution in [2.75, 3.05) is 19.0 Å². The van der Waals surface area contributed by atoms with Crippen LogP contribution in [0.3, 0.4) is 0 Å².